The number of nitrogens with two attached hydrogens (primary N) is 1. The highest BCUT2D eigenvalue weighted by atomic mass is 16.1. The summed E-state index contributed by atoms with van der Waals surface area (Å²) < 4.78 is 0. The maximum absolute atomic E-state index is 12.2. The molecule has 0 spiro atoms. The standard InChI is InChI=1S/C14H21N3O/c1-10-4-9-17-14(15)13(10)12(18)3-2-11-5-7-16-8-6-11/h4,9,11,16H,2-3,5-8H2,1H3,(H2,15,17). The first kappa shape index (κ1) is 13.0. The monoisotopic (exact) mass is 247 g/mol. The molecule has 0 saturated carbocycles. The smallest absolute Gasteiger partial charge is 0.166 e. The van der Waals surface area contributed by atoms with Crippen LogP contribution in [0, 0.1) is 12.8 Å². The molecule has 18 heavy (non-hydrogen) atoms. The summed E-state index contributed by atoms with van der Waals surface area (Å²) in [7, 11) is 0. The third-order valence-corrected chi connectivity index (χ3v) is 3.71. The number of pyridine rings is 1. The molecule has 3 N–H and O–H groups in total. The second-order valence-corrected chi connectivity index (χ2v) is 5.04. The molecular formula is C14H21N3O. The normalized spacial score (nSPS) is 16.7. The SMILES string of the molecule is Cc1ccnc(N)c1C(=O)CCC1CCNCC1. The van der Waals surface area contributed by atoms with E-state index < -0.39 is 0 Å². The molecule has 1 saturated heterocycles. The van der Waals surface area contributed by atoms with Gasteiger partial charge in [0.05, 0.1) is 5.56 Å². The number of carbonyl (C=O) groups excluding carboxylic acids is 1. The Morgan fingerprint density at radius 1 is 1.50 bits per heavy atom. The first-order valence-electron chi connectivity index (χ1n) is 6.63. The third-order valence-electron chi connectivity index (χ3n) is 3.71. The number of nitrogens with zero attached hydrogens (tertiary/aromatic N) is 1. The van der Waals surface area contributed by atoms with Crippen molar-refractivity contribution in [3.05, 3.63) is 23.4 Å². The fraction of sp³-hybridized carbons (Fsp3) is 0.571. The highest BCUT2D eigenvalue weighted by molar-refractivity contribution is 6.01. The summed E-state index contributed by atoms with van der Waals surface area (Å²) in [6.45, 7) is 4.07. The molecule has 98 valence electrons. The number of ketones is 1. The summed E-state index contributed by atoms with van der Waals surface area (Å²) in [6.07, 6.45) is 5.55. The van der Waals surface area contributed by atoms with Crippen LogP contribution in [0.15, 0.2) is 12.3 Å². The molecule has 0 amide bonds. The van der Waals surface area contributed by atoms with Crippen molar-refractivity contribution in [2.45, 2.75) is 32.6 Å². The summed E-state index contributed by atoms with van der Waals surface area (Å²) in [4.78, 5) is 16.2. The highest BCUT2D eigenvalue weighted by Crippen LogP contribution is 2.22. The Bertz CT molecular complexity index is 405. The Labute approximate surface area is 108 Å². The van der Waals surface area contributed by atoms with E-state index in [2.05, 4.69) is 10.3 Å². The maximum atomic E-state index is 12.2. The molecule has 0 radical (unpaired) electrons. The van der Waals surface area contributed by atoms with E-state index in [1.165, 1.54) is 12.8 Å². The minimum Gasteiger partial charge on any atom is -0.383 e. The number of hydrogen-bond donors (Lipinski definition) is 2. The quantitative estimate of drug-likeness (QED) is 0.798. The lowest BCUT2D eigenvalue weighted by Gasteiger charge is -2.22. The lowest BCUT2D eigenvalue weighted by molar-refractivity contribution is 0.0971. The second-order valence-electron chi connectivity index (χ2n) is 5.04. The van der Waals surface area contributed by atoms with E-state index in [4.69, 9.17) is 5.73 Å². The van der Waals surface area contributed by atoms with Crippen LogP contribution >= 0.6 is 0 Å². The Morgan fingerprint density at radius 2 is 2.22 bits per heavy atom. The van der Waals surface area contributed by atoms with Gasteiger partial charge in [-0.3, -0.25) is 4.79 Å². The van der Waals surface area contributed by atoms with Gasteiger partial charge in [0.2, 0.25) is 0 Å². The van der Waals surface area contributed by atoms with Gasteiger partial charge in [-0.2, -0.15) is 0 Å². The van der Waals surface area contributed by atoms with E-state index in [0.717, 1.165) is 25.1 Å². The number of aryl methyl sites for hydroxylation is 1. The number of rotatable bonds is 4. The lowest BCUT2D eigenvalue weighted by atomic mass is 9.90. The minimum atomic E-state index is 0.136. The number of carbonyl (C=O) groups is 1. The maximum Gasteiger partial charge on any atom is 0.166 e. The molecule has 0 bridgehead atoms. The van der Waals surface area contributed by atoms with Crippen LogP contribution in [0.5, 0.6) is 0 Å². The van der Waals surface area contributed by atoms with E-state index in [0.29, 0.717) is 23.7 Å². The molecule has 0 atom stereocenters. The average Bonchev–Trinajstić information content (AvgIpc) is 2.37. The average molecular weight is 247 g/mol. The van der Waals surface area contributed by atoms with Crippen molar-refractivity contribution >= 4 is 11.6 Å². The summed E-state index contributed by atoms with van der Waals surface area (Å²) in [5.74, 6) is 1.18. The summed E-state index contributed by atoms with van der Waals surface area (Å²) in [6, 6.07) is 1.84. The van der Waals surface area contributed by atoms with Crippen molar-refractivity contribution in [3.8, 4) is 0 Å². The summed E-state index contributed by atoms with van der Waals surface area (Å²) in [5.41, 5.74) is 7.33. The minimum absolute atomic E-state index is 0.136. The largest absolute Gasteiger partial charge is 0.383 e. The molecule has 0 unspecified atom stereocenters. The fourth-order valence-electron chi connectivity index (χ4n) is 2.57. The van der Waals surface area contributed by atoms with Crippen molar-refractivity contribution in [1.82, 2.24) is 10.3 Å². The number of nitrogens with one attached hydrogen (secondary N) is 1. The van der Waals surface area contributed by atoms with Crippen LogP contribution in [0.25, 0.3) is 0 Å². The molecule has 2 heterocycles. The van der Waals surface area contributed by atoms with Crippen molar-refractivity contribution in [1.29, 1.82) is 0 Å². The molecule has 2 rings (SSSR count). The van der Waals surface area contributed by atoms with Gasteiger partial charge in [0.15, 0.2) is 5.78 Å². The number of piperidine rings is 1. The van der Waals surface area contributed by atoms with E-state index >= 15 is 0 Å². The zero-order valence-corrected chi connectivity index (χ0v) is 10.9. The van der Waals surface area contributed by atoms with Gasteiger partial charge in [0, 0.05) is 12.6 Å². The summed E-state index contributed by atoms with van der Waals surface area (Å²) in [5, 5.41) is 3.34. The first-order valence-corrected chi connectivity index (χ1v) is 6.63. The van der Waals surface area contributed by atoms with Crippen LogP contribution in [-0.2, 0) is 0 Å². The van der Waals surface area contributed by atoms with Crippen molar-refractivity contribution in [2.24, 2.45) is 5.92 Å². The molecule has 1 aromatic heterocycles. The van der Waals surface area contributed by atoms with Crippen LogP contribution in [0.1, 0.15) is 41.6 Å². The second kappa shape index (κ2) is 5.96. The van der Waals surface area contributed by atoms with Crippen LogP contribution < -0.4 is 11.1 Å². The molecular weight excluding hydrogens is 226 g/mol. The zero-order chi connectivity index (χ0) is 13.0. The van der Waals surface area contributed by atoms with Crippen LogP contribution in [0.4, 0.5) is 5.82 Å². The van der Waals surface area contributed by atoms with E-state index in [1.54, 1.807) is 6.20 Å². The number of anilines is 1. The van der Waals surface area contributed by atoms with Crippen LogP contribution in [0.2, 0.25) is 0 Å². The summed E-state index contributed by atoms with van der Waals surface area (Å²) >= 11 is 0. The van der Waals surface area contributed by atoms with E-state index in [9.17, 15) is 4.79 Å². The van der Waals surface area contributed by atoms with Gasteiger partial charge < -0.3 is 11.1 Å². The van der Waals surface area contributed by atoms with Gasteiger partial charge in [0.25, 0.3) is 0 Å². The molecule has 1 aliphatic heterocycles. The van der Waals surface area contributed by atoms with Gasteiger partial charge in [-0.1, -0.05) is 0 Å². The lowest BCUT2D eigenvalue weighted by Crippen LogP contribution is -2.28. The topological polar surface area (TPSA) is 68.0 Å². The molecule has 4 heteroatoms. The van der Waals surface area contributed by atoms with Crippen molar-refractivity contribution in [3.63, 3.8) is 0 Å². The van der Waals surface area contributed by atoms with E-state index in [1.807, 2.05) is 13.0 Å². The molecule has 1 fully saturated rings. The van der Waals surface area contributed by atoms with Gasteiger partial charge in [0.1, 0.15) is 5.82 Å². The number of Topliss-reactive ketones (excluding diaryl/α,β-unsaturated/α-hetero) is 1. The molecule has 1 aromatic rings. The molecule has 0 aromatic carbocycles. The Hall–Kier alpha value is -1.42. The van der Waals surface area contributed by atoms with Gasteiger partial charge in [-0.15, -0.1) is 0 Å². The zero-order valence-electron chi connectivity index (χ0n) is 10.9. The molecule has 4 nitrogen and oxygen atoms in total. The predicted octanol–water partition coefficient (Wildman–Crippen LogP) is 1.93. The van der Waals surface area contributed by atoms with Gasteiger partial charge in [-0.05, 0) is 56.8 Å². The number of hydrogen-bond acceptors (Lipinski definition) is 4. The van der Waals surface area contributed by atoms with Crippen LogP contribution in [-0.4, -0.2) is 23.9 Å². The Morgan fingerprint density at radius 3 is 2.89 bits per heavy atom. The molecule has 1 aliphatic rings. The molecule has 0 aliphatic carbocycles. The Kier molecular flexibility index (Phi) is 4.31. The Balaban J connectivity index is 1.95. The fourth-order valence-corrected chi connectivity index (χ4v) is 2.57. The highest BCUT2D eigenvalue weighted by Gasteiger charge is 2.17. The number of nitrogen functional groups attached to an aromatic ring is 1. The van der Waals surface area contributed by atoms with Crippen LogP contribution in [0.3, 0.4) is 0 Å². The van der Waals surface area contributed by atoms with E-state index in [-0.39, 0.29) is 5.78 Å². The van der Waals surface area contributed by atoms with Gasteiger partial charge in [-0.25, -0.2) is 4.98 Å². The number of aromatic nitrogens is 1. The first-order chi connectivity index (χ1) is 8.68. The van der Waals surface area contributed by atoms with Gasteiger partial charge >= 0.3 is 0 Å². The predicted molar refractivity (Wildman–Crippen MR) is 72.5 cm³/mol. The van der Waals surface area contributed by atoms with Crippen molar-refractivity contribution < 1.29 is 4.79 Å². The van der Waals surface area contributed by atoms with Crippen molar-refractivity contribution in [2.75, 3.05) is 18.8 Å². The third kappa shape index (κ3) is 3.07.